The lowest BCUT2D eigenvalue weighted by atomic mass is 10.2. The van der Waals surface area contributed by atoms with Crippen LogP contribution in [0, 0.1) is 0 Å². The zero-order valence-electron chi connectivity index (χ0n) is 10.6. The summed E-state index contributed by atoms with van der Waals surface area (Å²) in [7, 11) is 3.19. The van der Waals surface area contributed by atoms with Gasteiger partial charge in [-0.3, -0.25) is 0 Å². The van der Waals surface area contributed by atoms with E-state index in [-0.39, 0.29) is 7.43 Å². The molecule has 10 nitrogen and oxygen atoms in total. The van der Waals surface area contributed by atoms with Gasteiger partial charge in [0.05, 0.1) is 14.2 Å². The molecule has 122 valence electrons. The Morgan fingerprint density at radius 2 is 1.40 bits per heavy atom. The molecule has 0 saturated heterocycles. The van der Waals surface area contributed by atoms with Gasteiger partial charge >= 0.3 is 17.9 Å². The van der Waals surface area contributed by atoms with Gasteiger partial charge in [0.2, 0.25) is 0 Å². The minimum absolute atomic E-state index is 0. The number of aliphatic hydroxyl groups is 4. The van der Waals surface area contributed by atoms with Crippen molar-refractivity contribution in [1.29, 1.82) is 0 Å². The van der Waals surface area contributed by atoms with E-state index in [1.165, 1.54) is 7.11 Å². The van der Waals surface area contributed by atoms with Gasteiger partial charge < -0.3 is 35.0 Å². The number of carboxylic acids is 1. The van der Waals surface area contributed by atoms with Crippen LogP contribution in [0.1, 0.15) is 7.43 Å². The first-order chi connectivity index (χ1) is 8.81. The zero-order valence-corrected chi connectivity index (χ0v) is 10.6. The summed E-state index contributed by atoms with van der Waals surface area (Å²) in [4.78, 5) is 30.0. The molecular weight excluding hydrogens is 280 g/mol. The van der Waals surface area contributed by atoms with Crippen LogP contribution < -0.4 is 0 Å². The molecule has 0 spiro atoms. The van der Waals surface area contributed by atoms with E-state index in [0.29, 0.717) is 0 Å². The van der Waals surface area contributed by atoms with Gasteiger partial charge in [-0.1, -0.05) is 7.43 Å². The van der Waals surface area contributed by atoms with Crippen molar-refractivity contribution in [3.05, 3.63) is 0 Å². The summed E-state index contributed by atoms with van der Waals surface area (Å²) >= 11 is 0. The largest absolute Gasteiger partial charge is 0.479 e. The number of carbonyl (C=O) groups is 3. The number of hydrogen-bond donors (Lipinski definition) is 5. The molecule has 0 aromatic heterocycles. The third-order valence-electron chi connectivity index (χ3n) is 1.35. The highest BCUT2D eigenvalue weighted by molar-refractivity contribution is 5.84. The number of methoxy groups -OCH3 is 2. The number of hydrogen-bond acceptors (Lipinski definition) is 9. The molecule has 0 aliphatic heterocycles. The van der Waals surface area contributed by atoms with Gasteiger partial charge in [0, 0.05) is 7.11 Å². The van der Waals surface area contributed by atoms with Crippen LogP contribution in [-0.4, -0.2) is 83.6 Å². The van der Waals surface area contributed by atoms with Crippen molar-refractivity contribution in [1.82, 2.24) is 0 Å². The van der Waals surface area contributed by atoms with Gasteiger partial charge in [0.15, 0.2) is 12.2 Å². The van der Waals surface area contributed by atoms with E-state index < -0.39 is 36.7 Å². The Morgan fingerprint density at radius 3 is 1.55 bits per heavy atom. The van der Waals surface area contributed by atoms with Gasteiger partial charge in [0.1, 0.15) is 6.61 Å². The minimum Gasteiger partial charge on any atom is -0.479 e. The lowest BCUT2D eigenvalue weighted by Gasteiger charge is -2.10. The number of esters is 2. The lowest BCUT2D eigenvalue weighted by molar-refractivity contribution is -0.167. The molecule has 5 N–H and O–H groups in total. The normalized spacial score (nSPS) is 10.9. The summed E-state index contributed by atoms with van der Waals surface area (Å²) in [6, 6.07) is 0. The third-order valence-corrected chi connectivity index (χ3v) is 1.35. The number of aliphatic carboxylic acids is 1. The standard InChI is InChI=1S/C5H8O6.C3H6O3.CH4O.CH4/c1-11-5(10)3(7)2(6)4(8)9;1-6-3(5)2-4;1-2;/h2-3,6-7H,1H3,(H,8,9);4H,2H2,1H3;2H,1H3;1H4/t2-,3-;;;/m1.../s1. The maximum absolute atomic E-state index is 10.4. The van der Waals surface area contributed by atoms with Gasteiger partial charge in [-0.25, -0.2) is 14.4 Å². The Morgan fingerprint density at radius 1 is 1.00 bits per heavy atom. The Labute approximate surface area is 116 Å². The highest BCUT2D eigenvalue weighted by atomic mass is 16.5. The monoisotopic (exact) mass is 302 g/mol. The minimum atomic E-state index is -2.14. The Balaban J connectivity index is -0.000000122. The summed E-state index contributed by atoms with van der Waals surface area (Å²) in [5.74, 6) is -3.46. The molecule has 20 heavy (non-hydrogen) atoms. The van der Waals surface area contributed by atoms with Crippen LogP contribution >= 0.6 is 0 Å². The molecule has 0 amide bonds. The topological polar surface area (TPSA) is 171 Å². The van der Waals surface area contributed by atoms with Gasteiger partial charge in [-0.15, -0.1) is 0 Å². The van der Waals surface area contributed by atoms with Crippen molar-refractivity contribution in [3.8, 4) is 0 Å². The molecule has 0 aliphatic carbocycles. The van der Waals surface area contributed by atoms with Crippen LogP contribution in [0.4, 0.5) is 0 Å². The number of aliphatic hydroxyl groups excluding tert-OH is 4. The molecule has 2 atom stereocenters. The molecule has 0 saturated carbocycles. The van der Waals surface area contributed by atoms with Crippen molar-refractivity contribution in [2.45, 2.75) is 19.6 Å². The van der Waals surface area contributed by atoms with Gasteiger partial charge in [-0.2, -0.15) is 0 Å². The quantitative estimate of drug-likeness (QED) is 0.346. The number of carbonyl (C=O) groups excluding carboxylic acids is 2. The second-order valence-corrected chi connectivity index (χ2v) is 2.49. The van der Waals surface area contributed by atoms with E-state index in [9.17, 15) is 14.4 Å². The summed E-state index contributed by atoms with van der Waals surface area (Å²) in [5, 5.41) is 40.1. The van der Waals surface area contributed by atoms with Crippen LogP contribution in [-0.2, 0) is 23.9 Å². The van der Waals surface area contributed by atoms with Gasteiger partial charge in [-0.05, 0) is 0 Å². The summed E-state index contributed by atoms with van der Waals surface area (Å²) in [6.07, 6.45) is -4.17. The predicted octanol–water partition coefficient (Wildman–Crippen LogP) is -2.64. The van der Waals surface area contributed by atoms with E-state index in [4.69, 9.17) is 25.5 Å². The van der Waals surface area contributed by atoms with E-state index in [2.05, 4.69) is 9.47 Å². The Hall–Kier alpha value is -1.75. The molecule has 0 unspecified atom stereocenters. The molecule has 0 heterocycles. The highest BCUT2D eigenvalue weighted by Crippen LogP contribution is 1.95. The second kappa shape index (κ2) is 17.2. The average molecular weight is 302 g/mol. The van der Waals surface area contributed by atoms with Crippen molar-refractivity contribution in [2.24, 2.45) is 0 Å². The van der Waals surface area contributed by atoms with Crippen molar-refractivity contribution >= 4 is 17.9 Å². The van der Waals surface area contributed by atoms with E-state index in [1.807, 2.05) is 0 Å². The molecule has 10 heteroatoms. The number of rotatable bonds is 4. The van der Waals surface area contributed by atoms with Crippen molar-refractivity contribution in [2.75, 3.05) is 27.9 Å². The van der Waals surface area contributed by atoms with Gasteiger partial charge in [0.25, 0.3) is 0 Å². The van der Waals surface area contributed by atoms with E-state index in [0.717, 1.165) is 14.2 Å². The van der Waals surface area contributed by atoms with Crippen molar-refractivity contribution in [3.63, 3.8) is 0 Å². The first-order valence-electron chi connectivity index (χ1n) is 4.60. The third kappa shape index (κ3) is 14.3. The first kappa shape index (κ1) is 26.7. The molecule has 0 aliphatic rings. The Bertz CT molecular complexity index is 259. The second-order valence-electron chi connectivity index (χ2n) is 2.49. The maximum atomic E-state index is 10.4. The molecule has 0 bridgehead atoms. The van der Waals surface area contributed by atoms with E-state index >= 15 is 0 Å². The predicted molar refractivity (Wildman–Crippen MR) is 65.6 cm³/mol. The molecule has 0 radical (unpaired) electrons. The fourth-order valence-electron chi connectivity index (χ4n) is 0.449. The van der Waals surface area contributed by atoms with Crippen LogP contribution in [0.3, 0.4) is 0 Å². The SMILES string of the molecule is C.CO.COC(=O)CO.COC(=O)[C@H](O)[C@@H](O)C(=O)O. The molecule has 0 aromatic rings. The fraction of sp³-hybridized carbons (Fsp3) is 0.700. The molecule has 0 rings (SSSR count). The van der Waals surface area contributed by atoms with Crippen molar-refractivity contribution < 1.29 is 49.4 Å². The van der Waals surface area contributed by atoms with Crippen LogP contribution in [0.2, 0.25) is 0 Å². The summed E-state index contributed by atoms with van der Waals surface area (Å²) in [5.41, 5.74) is 0. The maximum Gasteiger partial charge on any atom is 0.338 e. The molecular formula is C10H22O10. The number of ether oxygens (including phenoxy) is 2. The summed E-state index contributed by atoms with van der Waals surface area (Å²) in [6.45, 7) is -0.531. The zero-order chi connectivity index (χ0) is 16.0. The highest BCUT2D eigenvalue weighted by Gasteiger charge is 2.30. The van der Waals surface area contributed by atoms with Crippen LogP contribution in [0.15, 0.2) is 0 Å². The Kier molecular flexibility index (Phi) is 23.1. The van der Waals surface area contributed by atoms with Crippen LogP contribution in [0.5, 0.6) is 0 Å². The number of carboxylic acid groups (broad SMARTS) is 1. The average Bonchev–Trinajstić information content (AvgIpc) is 2.46. The fourth-order valence-corrected chi connectivity index (χ4v) is 0.449. The van der Waals surface area contributed by atoms with E-state index in [1.54, 1.807) is 0 Å². The first-order valence-corrected chi connectivity index (χ1v) is 4.60. The lowest BCUT2D eigenvalue weighted by Crippen LogP contribution is -2.40. The van der Waals surface area contributed by atoms with Crippen LogP contribution in [0.25, 0.3) is 0 Å². The molecule has 0 fully saturated rings. The summed E-state index contributed by atoms with van der Waals surface area (Å²) < 4.78 is 7.98. The molecule has 0 aromatic carbocycles. The smallest absolute Gasteiger partial charge is 0.338 e.